The maximum absolute atomic E-state index is 4.23. The predicted octanol–water partition coefficient (Wildman–Crippen LogP) is 0.679. The monoisotopic (exact) mass is 180 g/mol. The Hall–Kier alpha value is -0.900. The van der Waals surface area contributed by atoms with Gasteiger partial charge in [-0.2, -0.15) is 0 Å². The van der Waals surface area contributed by atoms with Crippen molar-refractivity contribution in [2.75, 3.05) is 7.05 Å². The Bertz CT molecular complexity index is 313. The molecule has 0 saturated heterocycles. The summed E-state index contributed by atoms with van der Waals surface area (Å²) in [6.45, 7) is 5.33. The Labute approximate surface area is 78.4 Å². The van der Waals surface area contributed by atoms with Gasteiger partial charge < -0.3 is 9.88 Å². The third-order valence-corrected chi connectivity index (χ3v) is 2.79. The topological polar surface area (TPSA) is 42.7 Å². The number of nitrogens with zero attached hydrogens (tertiary/aromatic N) is 3. The fourth-order valence-electron chi connectivity index (χ4n) is 1.72. The summed E-state index contributed by atoms with van der Waals surface area (Å²) in [4.78, 5) is 0. The molecule has 0 aliphatic carbocycles. The highest BCUT2D eigenvalue weighted by molar-refractivity contribution is 5.08. The molecule has 1 aliphatic heterocycles. The van der Waals surface area contributed by atoms with Gasteiger partial charge in [-0.3, -0.25) is 0 Å². The SMILES string of the molecule is CNC(C)(C)c1nnc2n1CCC2. The Morgan fingerprint density at radius 3 is 2.85 bits per heavy atom. The first kappa shape index (κ1) is 8.69. The highest BCUT2D eigenvalue weighted by Crippen LogP contribution is 2.22. The molecule has 0 fully saturated rings. The van der Waals surface area contributed by atoms with Crippen molar-refractivity contribution in [1.29, 1.82) is 0 Å². The van der Waals surface area contributed by atoms with E-state index in [0.717, 1.165) is 24.6 Å². The smallest absolute Gasteiger partial charge is 0.152 e. The molecule has 0 unspecified atom stereocenters. The van der Waals surface area contributed by atoms with E-state index in [-0.39, 0.29) is 5.54 Å². The molecule has 2 heterocycles. The predicted molar refractivity (Wildman–Crippen MR) is 50.4 cm³/mol. The number of rotatable bonds is 2. The molecule has 1 N–H and O–H groups in total. The first-order chi connectivity index (χ1) is 6.15. The summed E-state index contributed by atoms with van der Waals surface area (Å²) in [5.41, 5.74) is -0.0738. The molecule has 4 heteroatoms. The van der Waals surface area contributed by atoms with E-state index in [4.69, 9.17) is 0 Å². The zero-order valence-corrected chi connectivity index (χ0v) is 8.46. The van der Waals surface area contributed by atoms with Crippen LogP contribution in [0.25, 0.3) is 0 Å². The van der Waals surface area contributed by atoms with Crippen LogP contribution in [0.2, 0.25) is 0 Å². The van der Waals surface area contributed by atoms with Crippen molar-refractivity contribution in [3.05, 3.63) is 11.6 Å². The van der Waals surface area contributed by atoms with E-state index in [9.17, 15) is 0 Å². The Morgan fingerprint density at radius 1 is 1.38 bits per heavy atom. The second-order valence-corrected chi connectivity index (χ2v) is 4.07. The molecule has 72 valence electrons. The Kier molecular flexibility index (Phi) is 1.87. The van der Waals surface area contributed by atoms with Crippen molar-refractivity contribution < 1.29 is 0 Å². The van der Waals surface area contributed by atoms with Crippen LogP contribution in [0.3, 0.4) is 0 Å². The highest BCUT2D eigenvalue weighted by Gasteiger charge is 2.28. The molecule has 0 aromatic carbocycles. The molecule has 0 bridgehead atoms. The van der Waals surface area contributed by atoms with E-state index in [1.54, 1.807) is 0 Å². The van der Waals surface area contributed by atoms with Gasteiger partial charge in [-0.15, -0.1) is 10.2 Å². The van der Waals surface area contributed by atoms with Gasteiger partial charge in [-0.05, 0) is 27.3 Å². The summed E-state index contributed by atoms with van der Waals surface area (Å²) < 4.78 is 2.23. The zero-order valence-electron chi connectivity index (χ0n) is 8.46. The van der Waals surface area contributed by atoms with Gasteiger partial charge in [-0.25, -0.2) is 0 Å². The van der Waals surface area contributed by atoms with E-state index in [1.165, 1.54) is 6.42 Å². The summed E-state index contributed by atoms with van der Waals surface area (Å²) in [5, 5.41) is 11.7. The van der Waals surface area contributed by atoms with Gasteiger partial charge in [0.2, 0.25) is 0 Å². The molecule has 1 aliphatic rings. The van der Waals surface area contributed by atoms with Crippen molar-refractivity contribution in [3.63, 3.8) is 0 Å². The van der Waals surface area contributed by atoms with Crippen LogP contribution in [0.15, 0.2) is 0 Å². The molecular formula is C9H16N4. The van der Waals surface area contributed by atoms with E-state index in [2.05, 4.69) is 33.9 Å². The second-order valence-electron chi connectivity index (χ2n) is 4.07. The minimum Gasteiger partial charge on any atom is -0.313 e. The molecule has 2 rings (SSSR count). The van der Waals surface area contributed by atoms with Crippen LogP contribution in [0.5, 0.6) is 0 Å². The molecule has 0 amide bonds. The first-order valence-electron chi connectivity index (χ1n) is 4.76. The second kappa shape index (κ2) is 2.80. The molecule has 0 radical (unpaired) electrons. The number of aromatic nitrogens is 3. The molecule has 0 saturated carbocycles. The van der Waals surface area contributed by atoms with Crippen molar-refractivity contribution >= 4 is 0 Å². The molecule has 4 nitrogen and oxygen atoms in total. The molecular weight excluding hydrogens is 164 g/mol. The normalized spacial score (nSPS) is 16.2. The van der Waals surface area contributed by atoms with Crippen LogP contribution in [0.4, 0.5) is 0 Å². The zero-order chi connectivity index (χ0) is 9.47. The molecule has 1 aromatic rings. The fraction of sp³-hybridized carbons (Fsp3) is 0.778. The first-order valence-corrected chi connectivity index (χ1v) is 4.76. The van der Waals surface area contributed by atoms with Crippen LogP contribution in [0.1, 0.15) is 31.9 Å². The number of hydrogen-bond donors (Lipinski definition) is 1. The lowest BCUT2D eigenvalue weighted by atomic mass is 10.1. The minimum absolute atomic E-state index is 0.0738. The van der Waals surface area contributed by atoms with Crippen molar-refractivity contribution in [1.82, 2.24) is 20.1 Å². The van der Waals surface area contributed by atoms with Gasteiger partial charge in [0.1, 0.15) is 5.82 Å². The summed E-state index contributed by atoms with van der Waals surface area (Å²) in [5.74, 6) is 2.20. The quantitative estimate of drug-likeness (QED) is 0.727. The van der Waals surface area contributed by atoms with Gasteiger partial charge in [-0.1, -0.05) is 0 Å². The summed E-state index contributed by atoms with van der Waals surface area (Å²) in [6, 6.07) is 0. The van der Waals surface area contributed by atoms with E-state index in [0.29, 0.717) is 0 Å². The van der Waals surface area contributed by atoms with Crippen molar-refractivity contribution in [2.24, 2.45) is 0 Å². The number of hydrogen-bond acceptors (Lipinski definition) is 3. The summed E-state index contributed by atoms with van der Waals surface area (Å²) >= 11 is 0. The highest BCUT2D eigenvalue weighted by atomic mass is 15.3. The van der Waals surface area contributed by atoms with Gasteiger partial charge in [0.05, 0.1) is 5.54 Å². The molecule has 13 heavy (non-hydrogen) atoms. The van der Waals surface area contributed by atoms with Gasteiger partial charge in [0.15, 0.2) is 5.82 Å². The third kappa shape index (κ3) is 1.25. The average Bonchev–Trinajstić information content (AvgIpc) is 2.62. The molecule has 0 atom stereocenters. The van der Waals surface area contributed by atoms with Crippen LogP contribution < -0.4 is 5.32 Å². The Morgan fingerprint density at radius 2 is 2.15 bits per heavy atom. The van der Waals surface area contributed by atoms with E-state index >= 15 is 0 Å². The van der Waals surface area contributed by atoms with Crippen molar-refractivity contribution in [3.8, 4) is 0 Å². The number of aryl methyl sites for hydroxylation is 1. The van der Waals surface area contributed by atoms with Gasteiger partial charge in [0, 0.05) is 13.0 Å². The fourth-order valence-corrected chi connectivity index (χ4v) is 1.72. The maximum atomic E-state index is 4.23. The lowest BCUT2D eigenvalue weighted by Crippen LogP contribution is -2.36. The third-order valence-electron chi connectivity index (χ3n) is 2.79. The average molecular weight is 180 g/mol. The minimum atomic E-state index is -0.0738. The van der Waals surface area contributed by atoms with Crippen LogP contribution in [-0.4, -0.2) is 21.8 Å². The lowest BCUT2D eigenvalue weighted by Gasteiger charge is -2.22. The standard InChI is InChI=1S/C9H16N4/c1-9(2,10-3)8-12-11-7-5-4-6-13(7)8/h10H,4-6H2,1-3H3. The van der Waals surface area contributed by atoms with Crippen LogP contribution in [-0.2, 0) is 18.5 Å². The maximum Gasteiger partial charge on any atom is 0.152 e. The van der Waals surface area contributed by atoms with Gasteiger partial charge in [0.25, 0.3) is 0 Å². The lowest BCUT2D eigenvalue weighted by molar-refractivity contribution is 0.396. The largest absolute Gasteiger partial charge is 0.313 e. The number of fused-ring (bicyclic) bond motifs is 1. The Balaban J connectivity index is 2.41. The van der Waals surface area contributed by atoms with Crippen molar-refractivity contribution in [2.45, 2.75) is 38.8 Å². The van der Waals surface area contributed by atoms with Crippen LogP contribution >= 0.6 is 0 Å². The van der Waals surface area contributed by atoms with Crippen LogP contribution in [0, 0.1) is 0 Å². The van der Waals surface area contributed by atoms with E-state index in [1.807, 2.05) is 7.05 Å². The van der Waals surface area contributed by atoms with E-state index < -0.39 is 0 Å². The van der Waals surface area contributed by atoms with Gasteiger partial charge >= 0.3 is 0 Å². The summed E-state index contributed by atoms with van der Waals surface area (Å²) in [7, 11) is 1.95. The molecule has 1 aromatic heterocycles. The number of nitrogens with one attached hydrogen (secondary N) is 1. The summed E-state index contributed by atoms with van der Waals surface area (Å²) in [6.07, 6.45) is 2.28. The molecule has 0 spiro atoms.